The van der Waals surface area contributed by atoms with Crippen molar-refractivity contribution in [1.29, 1.82) is 0 Å². The molecular weight excluding hydrogens is 236 g/mol. The fourth-order valence-electron chi connectivity index (χ4n) is 2.69. The molecule has 1 heterocycles. The first kappa shape index (κ1) is 16.2. The van der Waals surface area contributed by atoms with Gasteiger partial charge in [-0.25, -0.2) is 0 Å². The van der Waals surface area contributed by atoms with Gasteiger partial charge in [-0.05, 0) is 44.1 Å². The molecule has 0 saturated carbocycles. The van der Waals surface area contributed by atoms with Crippen LogP contribution in [0.25, 0.3) is 0 Å². The van der Waals surface area contributed by atoms with Crippen molar-refractivity contribution in [2.24, 2.45) is 11.3 Å². The molecule has 110 valence electrons. The van der Waals surface area contributed by atoms with E-state index in [4.69, 9.17) is 0 Å². The predicted octanol–water partition coefficient (Wildman–Crippen LogP) is 3.83. The van der Waals surface area contributed by atoms with Crippen molar-refractivity contribution >= 4 is 0 Å². The largest absolute Gasteiger partial charge is 0.393 e. The lowest BCUT2D eigenvalue weighted by Gasteiger charge is -2.24. The summed E-state index contributed by atoms with van der Waals surface area (Å²) in [5, 5.41) is 14.7. The Balaban J connectivity index is 2.43. The van der Waals surface area contributed by atoms with Gasteiger partial charge in [-0.15, -0.1) is 0 Å². The Morgan fingerprint density at radius 1 is 1.26 bits per heavy atom. The van der Waals surface area contributed by atoms with Crippen LogP contribution in [0.5, 0.6) is 0 Å². The molecule has 0 aliphatic heterocycles. The van der Waals surface area contributed by atoms with Crippen molar-refractivity contribution in [3.8, 4) is 0 Å². The van der Waals surface area contributed by atoms with Crippen LogP contribution in [0.3, 0.4) is 0 Å². The molecule has 3 heteroatoms. The molecule has 1 rings (SSSR count). The fourth-order valence-corrected chi connectivity index (χ4v) is 2.69. The SMILES string of the molecule is CC(CC(O)Cc1ccn(C(C)C)n1)CC(C)(C)C. The first-order valence-electron chi connectivity index (χ1n) is 7.39. The molecule has 19 heavy (non-hydrogen) atoms. The van der Waals surface area contributed by atoms with E-state index < -0.39 is 0 Å². The van der Waals surface area contributed by atoms with Crippen LogP contribution in [-0.4, -0.2) is 21.0 Å². The van der Waals surface area contributed by atoms with Gasteiger partial charge in [0.05, 0.1) is 11.8 Å². The van der Waals surface area contributed by atoms with Gasteiger partial charge >= 0.3 is 0 Å². The minimum absolute atomic E-state index is 0.284. The molecule has 2 unspecified atom stereocenters. The van der Waals surface area contributed by atoms with Crippen molar-refractivity contribution in [1.82, 2.24) is 9.78 Å². The zero-order valence-electron chi connectivity index (χ0n) is 13.3. The van der Waals surface area contributed by atoms with Crippen molar-refractivity contribution in [2.45, 2.75) is 73.0 Å². The van der Waals surface area contributed by atoms with E-state index in [0.29, 0.717) is 23.8 Å². The van der Waals surface area contributed by atoms with Gasteiger partial charge in [-0.3, -0.25) is 4.68 Å². The van der Waals surface area contributed by atoms with E-state index in [2.05, 4.69) is 46.6 Å². The van der Waals surface area contributed by atoms with E-state index in [-0.39, 0.29) is 6.10 Å². The maximum atomic E-state index is 10.2. The molecule has 0 aliphatic carbocycles. The maximum Gasteiger partial charge on any atom is 0.0650 e. The molecule has 0 aliphatic rings. The Morgan fingerprint density at radius 3 is 2.37 bits per heavy atom. The number of nitrogens with zero attached hydrogens (tertiary/aromatic N) is 2. The molecule has 1 aromatic rings. The highest BCUT2D eigenvalue weighted by Crippen LogP contribution is 2.27. The van der Waals surface area contributed by atoms with Crippen molar-refractivity contribution in [3.63, 3.8) is 0 Å². The Kier molecular flexibility index (Phi) is 5.60. The molecular formula is C16H30N2O. The van der Waals surface area contributed by atoms with Crippen LogP contribution in [0.15, 0.2) is 12.3 Å². The van der Waals surface area contributed by atoms with Gasteiger partial charge < -0.3 is 5.11 Å². The fraction of sp³-hybridized carbons (Fsp3) is 0.812. The first-order valence-corrected chi connectivity index (χ1v) is 7.39. The number of rotatable bonds is 6. The van der Waals surface area contributed by atoms with E-state index in [9.17, 15) is 5.11 Å². The normalized spacial score (nSPS) is 15.8. The second-order valence-electron chi connectivity index (χ2n) is 7.34. The van der Waals surface area contributed by atoms with Crippen LogP contribution < -0.4 is 0 Å². The number of hydrogen-bond acceptors (Lipinski definition) is 2. The number of aromatic nitrogens is 2. The van der Waals surface area contributed by atoms with E-state index in [0.717, 1.165) is 18.5 Å². The van der Waals surface area contributed by atoms with Crippen molar-refractivity contribution in [3.05, 3.63) is 18.0 Å². The lowest BCUT2D eigenvalue weighted by Crippen LogP contribution is -2.19. The Morgan fingerprint density at radius 2 is 1.89 bits per heavy atom. The highest BCUT2D eigenvalue weighted by Gasteiger charge is 2.18. The van der Waals surface area contributed by atoms with Gasteiger partial charge in [0.2, 0.25) is 0 Å². The molecule has 0 saturated heterocycles. The second kappa shape index (κ2) is 6.56. The summed E-state index contributed by atoms with van der Waals surface area (Å²) in [4.78, 5) is 0. The summed E-state index contributed by atoms with van der Waals surface area (Å²) in [7, 11) is 0. The number of hydrogen-bond donors (Lipinski definition) is 1. The summed E-state index contributed by atoms with van der Waals surface area (Å²) in [6.45, 7) is 13.2. The maximum absolute atomic E-state index is 10.2. The summed E-state index contributed by atoms with van der Waals surface area (Å²) < 4.78 is 1.95. The Hall–Kier alpha value is -0.830. The smallest absolute Gasteiger partial charge is 0.0650 e. The lowest BCUT2D eigenvalue weighted by molar-refractivity contribution is 0.131. The summed E-state index contributed by atoms with van der Waals surface area (Å²) in [6.07, 6.45) is 4.36. The van der Waals surface area contributed by atoms with E-state index in [1.54, 1.807) is 0 Å². The molecule has 0 bridgehead atoms. The van der Waals surface area contributed by atoms with Crippen molar-refractivity contribution in [2.75, 3.05) is 0 Å². The van der Waals surface area contributed by atoms with Gasteiger partial charge in [0, 0.05) is 18.7 Å². The lowest BCUT2D eigenvalue weighted by atomic mass is 9.83. The standard InChI is InChI=1S/C16H30N2O/c1-12(2)18-8-7-14(17-18)10-15(19)9-13(3)11-16(4,5)6/h7-8,12-13,15,19H,9-11H2,1-6H3. The molecule has 0 amide bonds. The van der Waals surface area contributed by atoms with Gasteiger partial charge in [0.25, 0.3) is 0 Å². The molecule has 3 nitrogen and oxygen atoms in total. The third-order valence-electron chi connectivity index (χ3n) is 3.27. The molecule has 0 fully saturated rings. The zero-order chi connectivity index (χ0) is 14.6. The number of aliphatic hydroxyl groups is 1. The Labute approximate surface area is 118 Å². The molecule has 2 atom stereocenters. The van der Waals surface area contributed by atoms with Gasteiger partial charge in [-0.2, -0.15) is 5.10 Å². The van der Waals surface area contributed by atoms with Gasteiger partial charge in [0.15, 0.2) is 0 Å². The highest BCUT2D eigenvalue weighted by atomic mass is 16.3. The highest BCUT2D eigenvalue weighted by molar-refractivity contribution is 5.01. The third kappa shape index (κ3) is 6.24. The average molecular weight is 266 g/mol. The van der Waals surface area contributed by atoms with E-state index in [1.807, 2.05) is 16.9 Å². The van der Waals surface area contributed by atoms with E-state index in [1.165, 1.54) is 0 Å². The van der Waals surface area contributed by atoms with Crippen LogP contribution in [0.2, 0.25) is 0 Å². The molecule has 0 radical (unpaired) electrons. The number of aliphatic hydroxyl groups excluding tert-OH is 1. The summed E-state index contributed by atoms with van der Waals surface area (Å²) in [6, 6.07) is 2.39. The second-order valence-corrected chi connectivity index (χ2v) is 7.34. The van der Waals surface area contributed by atoms with E-state index >= 15 is 0 Å². The van der Waals surface area contributed by atoms with Crippen LogP contribution in [0.1, 0.15) is 66.1 Å². The van der Waals surface area contributed by atoms with Crippen LogP contribution in [0, 0.1) is 11.3 Å². The van der Waals surface area contributed by atoms with Gasteiger partial charge in [-0.1, -0.05) is 27.7 Å². The minimum Gasteiger partial charge on any atom is -0.393 e. The third-order valence-corrected chi connectivity index (χ3v) is 3.27. The molecule has 0 spiro atoms. The predicted molar refractivity (Wildman–Crippen MR) is 80.2 cm³/mol. The van der Waals surface area contributed by atoms with Crippen molar-refractivity contribution < 1.29 is 5.11 Å². The van der Waals surface area contributed by atoms with Crippen LogP contribution in [0.4, 0.5) is 0 Å². The van der Waals surface area contributed by atoms with Crippen LogP contribution in [-0.2, 0) is 6.42 Å². The molecule has 1 aromatic heterocycles. The molecule has 0 aromatic carbocycles. The minimum atomic E-state index is -0.284. The zero-order valence-corrected chi connectivity index (χ0v) is 13.3. The first-order chi connectivity index (χ1) is 8.67. The Bertz CT molecular complexity index is 376. The quantitative estimate of drug-likeness (QED) is 0.849. The molecule has 1 N–H and O–H groups in total. The summed E-state index contributed by atoms with van der Waals surface area (Å²) in [5.74, 6) is 0.544. The summed E-state index contributed by atoms with van der Waals surface area (Å²) >= 11 is 0. The van der Waals surface area contributed by atoms with Crippen LogP contribution >= 0.6 is 0 Å². The monoisotopic (exact) mass is 266 g/mol. The average Bonchev–Trinajstić information content (AvgIpc) is 2.62. The topological polar surface area (TPSA) is 38.0 Å². The summed E-state index contributed by atoms with van der Waals surface area (Å²) in [5.41, 5.74) is 1.32. The van der Waals surface area contributed by atoms with Gasteiger partial charge in [0.1, 0.15) is 0 Å².